The molecule has 3 heteroatoms. The molecule has 1 aliphatic rings. The van der Waals surface area contributed by atoms with Crippen molar-refractivity contribution in [3.05, 3.63) is 11.6 Å². The second-order valence-electron chi connectivity index (χ2n) is 5.18. The first kappa shape index (κ1) is 12.1. The molecule has 0 spiro atoms. The molecule has 1 aliphatic carbocycles. The van der Waals surface area contributed by atoms with Crippen LogP contribution in [-0.2, 0) is 4.74 Å². The normalized spacial score (nSPS) is 21.9. The molecule has 1 N–H and O–H groups in total. The van der Waals surface area contributed by atoms with E-state index in [1.807, 2.05) is 20.8 Å². The predicted octanol–water partition coefficient (Wildman–Crippen LogP) is 3.01. The number of ether oxygens (including phenoxy) is 1. The average molecular weight is 211 g/mol. The molecule has 0 heterocycles. The van der Waals surface area contributed by atoms with Gasteiger partial charge in [-0.25, -0.2) is 4.79 Å². The van der Waals surface area contributed by atoms with Crippen LogP contribution in [0.1, 0.15) is 47.0 Å². The van der Waals surface area contributed by atoms with E-state index in [-0.39, 0.29) is 12.1 Å². The molecule has 15 heavy (non-hydrogen) atoms. The van der Waals surface area contributed by atoms with Gasteiger partial charge in [0.1, 0.15) is 5.60 Å². The van der Waals surface area contributed by atoms with Crippen LogP contribution in [-0.4, -0.2) is 17.7 Å². The molecule has 1 rings (SSSR count). The van der Waals surface area contributed by atoms with Gasteiger partial charge < -0.3 is 10.1 Å². The summed E-state index contributed by atoms with van der Waals surface area (Å²) in [6.07, 6.45) is 4.93. The molecule has 1 amide bonds. The van der Waals surface area contributed by atoms with Crippen molar-refractivity contribution < 1.29 is 9.53 Å². The second kappa shape index (κ2) is 4.69. The van der Waals surface area contributed by atoms with Gasteiger partial charge in [0.05, 0.1) is 0 Å². The van der Waals surface area contributed by atoms with E-state index in [0.29, 0.717) is 0 Å². The molecule has 0 saturated heterocycles. The number of allylic oxidation sites excluding steroid dienone is 1. The van der Waals surface area contributed by atoms with Gasteiger partial charge in [0, 0.05) is 6.04 Å². The SMILES string of the molecule is CC1=CCCC(NC(=O)OC(C)(C)C)C1. The van der Waals surface area contributed by atoms with Crippen LogP contribution in [0.3, 0.4) is 0 Å². The Balaban J connectivity index is 2.36. The Morgan fingerprint density at radius 1 is 1.53 bits per heavy atom. The monoisotopic (exact) mass is 211 g/mol. The number of nitrogens with one attached hydrogen (secondary N) is 1. The van der Waals surface area contributed by atoms with E-state index in [1.54, 1.807) is 0 Å². The Labute approximate surface area is 91.9 Å². The van der Waals surface area contributed by atoms with Crippen LogP contribution in [0.2, 0.25) is 0 Å². The van der Waals surface area contributed by atoms with Crippen LogP contribution in [0.5, 0.6) is 0 Å². The fraction of sp³-hybridized carbons (Fsp3) is 0.750. The summed E-state index contributed by atoms with van der Waals surface area (Å²) in [6.45, 7) is 7.72. The zero-order valence-electron chi connectivity index (χ0n) is 10.1. The number of hydrogen-bond acceptors (Lipinski definition) is 2. The van der Waals surface area contributed by atoms with E-state index in [4.69, 9.17) is 4.74 Å². The van der Waals surface area contributed by atoms with Crippen LogP contribution in [0, 0.1) is 0 Å². The summed E-state index contributed by atoms with van der Waals surface area (Å²) >= 11 is 0. The third-order valence-corrected chi connectivity index (χ3v) is 2.30. The minimum absolute atomic E-state index is 0.241. The van der Waals surface area contributed by atoms with Crippen LogP contribution in [0.15, 0.2) is 11.6 Å². The van der Waals surface area contributed by atoms with Crippen molar-refractivity contribution in [1.29, 1.82) is 0 Å². The molecule has 0 aromatic heterocycles. The summed E-state index contributed by atoms with van der Waals surface area (Å²) in [5.41, 5.74) is 0.936. The molecule has 0 bridgehead atoms. The Hall–Kier alpha value is -0.990. The molecule has 86 valence electrons. The highest BCUT2D eigenvalue weighted by atomic mass is 16.6. The Morgan fingerprint density at radius 3 is 2.73 bits per heavy atom. The van der Waals surface area contributed by atoms with Gasteiger partial charge in [-0.2, -0.15) is 0 Å². The first-order valence-electron chi connectivity index (χ1n) is 5.52. The van der Waals surface area contributed by atoms with E-state index in [1.165, 1.54) is 5.57 Å². The highest BCUT2D eigenvalue weighted by Gasteiger charge is 2.20. The quantitative estimate of drug-likeness (QED) is 0.677. The fourth-order valence-electron chi connectivity index (χ4n) is 1.70. The van der Waals surface area contributed by atoms with Crippen LogP contribution >= 0.6 is 0 Å². The van der Waals surface area contributed by atoms with Crippen LogP contribution in [0.4, 0.5) is 4.79 Å². The highest BCUT2D eigenvalue weighted by Crippen LogP contribution is 2.18. The first-order chi connectivity index (χ1) is 6.87. The molecule has 0 saturated carbocycles. The largest absolute Gasteiger partial charge is 0.444 e. The Morgan fingerprint density at radius 2 is 2.20 bits per heavy atom. The smallest absolute Gasteiger partial charge is 0.407 e. The molecule has 0 aromatic rings. The maximum Gasteiger partial charge on any atom is 0.407 e. The van der Waals surface area contributed by atoms with Gasteiger partial charge >= 0.3 is 6.09 Å². The minimum atomic E-state index is -0.413. The number of alkyl carbamates (subject to hydrolysis) is 1. The summed E-state index contributed by atoms with van der Waals surface area (Å²) in [5, 5.41) is 2.90. The topological polar surface area (TPSA) is 38.3 Å². The van der Waals surface area contributed by atoms with Crippen molar-refractivity contribution in [2.24, 2.45) is 0 Å². The van der Waals surface area contributed by atoms with Crippen molar-refractivity contribution in [2.45, 2.75) is 58.6 Å². The van der Waals surface area contributed by atoms with Crippen molar-refractivity contribution >= 4 is 6.09 Å². The standard InChI is InChI=1S/C12H21NO2/c1-9-6-5-7-10(8-9)13-11(14)15-12(2,3)4/h6,10H,5,7-8H2,1-4H3,(H,13,14). The third kappa shape index (κ3) is 4.86. The van der Waals surface area contributed by atoms with Gasteiger partial charge in [-0.1, -0.05) is 11.6 Å². The maximum absolute atomic E-state index is 11.5. The summed E-state index contributed by atoms with van der Waals surface area (Å²) in [5.74, 6) is 0. The maximum atomic E-state index is 11.5. The highest BCUT2D eigenvalue weighted by molar-refractivity contribution is 5.68. The molecule has 1 atom stereocenters. The second-order valence-corrected chi connectivity index (χ2v) is 5.18. The summed E-state index contributed by atoms with van der Waals surface area (Å²) in [6, 6.07) is 0.241. The van der Waals surface area contributed by atoms with Gasteiger partial charge in [0.25, 0.3) is 0 Å². The zero-order chi connectivity index (χ0) is 11.5. The molecule has 0 aromatic carbocycles. The van der Waals surface area contributed by atoms with E-state index >= 15 is 0 Å². The van der Waals surface area contributed by atoms with Crippen LogP contribution in [0.25, 0.3) is 0 Å². The number of hydrogen-bond donors (Lipinski definition) is 1. The van der Waals surface area contributed by atoms with Crippen LogP contribution < -0.4 is 5.32 Å². The van der Waals surface area contributed by atoms with E-state index in [0.717, 1.165) is 19.3 Å². The van der Waals surface area contributed by atoms with Gasteiger partial charge in [0.2, 0.25) is 0 Å². The number of rotatable bonds is 1. The van der Waals surface area contributed by atoms with Gasteiger partial charge in [-0.3, -0.25) is 0 Å². The molecule has 0 radical (unpaired) electrons. The fourth-order valence-corrected chi connectivity index (χ4v) is 1.70. The molecular formula is C12H21NO2. The van der Waals surface area contributed by atoms with Crippen molar-refractivity contribution in [1.82, 2.24) is 5.32 Å². The molecular weight excluding hydrogens is 190 g/mol. The molecule has 0 fully saturated rings. The van der Waals surface area contributed by atoms with Gasteiger partial charge in [-0.15, -0.1) is 0 Å². The lowest BCUT2D eigenvalue weighted by Gasteiger charge is -2.25. The molecule has 1 unspecified atom stereocenters. The van der Waals surface area contributed by atoms with E-state index < -0.39 is 5.60 Å². The number of carbonyl (C=O) groups is 1. The lowest BCUT2D eigenvalue weighted by atomic mass is 9.96. The Kier molecular flexibility index (Phi) is 3.77. The molecule has 3 nitrogen and oxygen atoms in total. The Bertz CT molecular complexity index is 263. The van der Waals surface area contributed by atoms with Gasteiger partial charge in [0.15, 0.2) is 0 Å². The van der Waals surface area contributed by atoms with E-state index in [9.17, 15) is 4.79 Å². The lowest BCUT2D eigenvalue weighted by molar-refractivity contribution is 0.0501. The molecule has 0 aliphatic heterocycles. The van der Waals surface area contributed by atoms with Gasteiger partial charge in [-0.05, 0) is 47.0 Å². The van der Waals surface area contributed by atoms with Crippen molar-refractivity contribution in [2.75, 3.05) is 0 Å². The predicted molar refractivity (Wildman–Crippen MR) is 60.8 cm³/mol. The van der Waals surface area contributed by atoms with Crippen molar-refractivity contribution in [3.63, 3.8) is 0 Å². The average Bonchev–Trinajstić information content (AvgIpc) is 1.99. The summed E-state index contributed by atoms with van der Waals surface area (Å²) < 4.78 is 5.21. The minimum Gasteiger partial charge on any atom is -0.444 e. The van der Waals surface area contributed by atoms with Crippen molar-refractivity contribution in [3.8, 4) is 0 Å². The number of carbonyl (C=O) groups excluding carboxylic acids is 1. The first-order valence-corrected chi connectivity index (χ1v) is 5.52. The summed E-state index contributed by atoms with van der Waals surface area (Å²) in [4.78, 5) is 11.5. The lowest BCUT2D eigenvalue weighted by Crippen LogP contribution is -2.39. The number of amides is 1. The van der Waals surface area contributed by atoms with E-state index in [2.05, 4.69) is 18.3 Å². The summed E-state index contributed by atoms with van der Waals surface area (Å²) in [7, 11) is 0. The zero-order valence-corrected chi connectivity index (χ0v) is 10.1. The third-order valence-electron chi connectivity index (χ3n) is 2.30.